The van der Waals surface area contributed by atoms with E-state index < -0.39 is 0 Å². The quantitative estimate of drug-likeness (QED) is 0.895. The number of hydrogen-bond donors (Lipinski definition) is 1. The van der Waals surface area contributed by atoms with Gasteiger partial charge in [-0.25, -0.2) is 4.39 Å². The van der Waals surface area contributed by atoms with Crippen LogP contribution < -0.4 is 10.1 Å². The predicted molar refractivity (Wildman–Crippen MR) is 68.3 cm³/mol. The average Bonchev–Trinajstić information content (AvgIpc) is 2.31. The molecule has 1 aromatic carbocycles. The fourth-order valence-corrected chi connectivity index (χ4v) is 1.94. The number of piperazine rings is 1. The molecule has 5 heteroatoms. The van der Waals surface area contributed by atoms with Gasteiger partial charge in [-0.3, -0.25) is 4.90 Å². The van der Waals surface area contributed by atoms with Gasteiger partial charge >= 0.3 is 0 Å². The van der Waals surface area contributed by atoms with E-state index in [1.54, 1.807) is 12.1 Å². The second-order valence-corrected chi connectivity index (χ2v) is 4.00. The Balaban J connectivity index is 0.00000144. The van der Waals surface area contributed by atoms with Crippen LogP contribution in [-0.2, 0) is 6.54 Å². The molecule has 0 radical (unpaired) electrons. The number of ether oxygens (including phenoxy) is 1. The lowest BCUT2D eigenvalue weighted by molar-refractivity contribution is 0.233. The third-order valence-corrected chi connectivity index (χ3v) is 2.83. The van der Waals surface area contributed by atoms with Gasteiger partial charge in [-0.1, -0.05) is 6.07 Å². The molecule has 1 aromatic rings. The molecule has 96 valence electrons. The van der Waals surface area contributed by atoms with Crippen molar-refractivity contribution in [2.45, 2.75) is 6.54 Å². The van der Waals surface area contributed by atoms with Crippen molar-refractivity contribution in [1.29, 1.82) is 0 Å². The van der Waals surface area contributed by atoms with Crippen LogP contribution >= 0.6 is 12.4 Å². The zero-order valence-corrected chi connectivity index (χ0v) is 10.7. The van der Waals surface area contributed by atoms with Crippen LogP contribution in [0.25, 0.3) is 0 Å². The summed E-state index contributed by atoms with van der Waals surface area (Å²) >= 11 is 0. The molecule has 0 amide bonds. The van der Waals surface area contributed by atoms with Crippen molar-refractivity contribution in [2.24, 2.45) is 0 Å². The molecule has 0 atom stereocenters. The topological polar surface area (TPSA) is 24.5 Å². The second-order valence-electron chi connectivity index (χ2n) is 4.00. The molecule has 1 aliphatic rings. The minimum atomic E-state index is -0.282. The molecule has 0 aliphatic carbocycles. The summed E-state index contributed by atoms with van der Waals surface area (Å²) in [5, 5.41) is 3.29. The molecular formula is C12H18ClFN2O. The number of benzene rings is 1. The van der Waals surface area contributed by atoms with Gasteiger partial charge < -0.3 is 10.1 Å². The van der Waals surface area contributed by atoms with Crippen molar-refractivity contribution in [3.63, 3.8) is 0 Å². The third-order valence-electron chi connectivity index (χ3n) is 2.83. The Morgan fingerprint density at radius 1 is 1.35 bits per heavy atom. The van der Waals surface area contributed by atoms with Crippen molar-refractivity contribution < 1.29 is 9.13 Å². The second kappa shape index (κ2) is 6.79. The Morgan fingerprint density at radius 3 is 2.65 bits per heavy atom. The van der Waals surface area contributed by atoms with Crippen molar-refractivity contribution in [2.75, 3.05) is 33.3 Å². The average molecular weight is 261 g/mol. The van der Waals surface area contributed by atoms with Crippen LogP contribution in [0.3, 0.4) is 0 Å². The number of nitrogens with one attached hydrogen (secondary N) is 1. The van der Waals surface area contributed by atoms with E-state index in [1.807, 2.05) is 6.07 Å². The maximum Gasteiger partial charge on any atom is 0.165 e. The van der Waals surface area contributed by atoms with E-state index in [1.165, 1.54) is 7.11 Å². The molecule has 2 rings (SSSR count). The van der Waals surface area contributed by atoms with Crippen molar-refractivity contribution in [3.8, 4) is 5.75 Å². The highest BCUT2D eigenvalue weighted by Gasteiger charge is 2.11. The SMILES string of the molecule is COc1ccc(CN2CCNCC2)cc1F.Cl. The number of halogens is 2. The molecule has 0 spiro atoms. The highest BCUT2D eigenvalue weighted by molar-refractivity contribution is 5.85. The van der Waals surface area contributed by atoms with Crippen LogP contribution in [0.1, 0.15) is 5.56 Å². The number of rotatable bonds is 3. The lowest BCUT2D eigenvalue weighted by atomic mass is 10.2. The van der Waals surface area contributed by atoms with E-state index in [4.69, 9.17) is 4.74 Å². The highest BCUT2D eigenvalue weighted by atomic mass is 35.5. The van der Waals surface area contributed by atoms with Gasteiger partial charge in [0, 0.05) is 32.7 Å². The summed E-state index contributed by atoms with van der Waals surface area (Å²) in [7, 11) is 1.48. The molecule has 0 unspecified atom stereocenters. The fourth-order valence-electron chi connectivity index (χ4n) is 1.94. The van der Waals surface area contributed by atoms with Crippen molar-refractivity contribution in [3.05, 3.63) is 29.6 Å². The van der Waals surface area contributed by atoms with Crippen LogP contribution in [0.2, 0.25) is 0 Å². The van der Waals surface area contributed by atoms with Gasteiger partial charge in [0.1, 0.15) is 0 Å². The first kappa shape index (κ1) is 14.2. The molecule has 0 bridgehead atoms. The Bertz CT molecular complexity index is 356. The maximum absolute atomic E-state index is 13.4. The van der Waals surface area contributed by atoms with Gasteiger partial charge in [-0.05, 0) is 17.7 Å². The molecule has 0 aromatic heterocycles. The highest BCUT2D eigenvalue weighted by Crippen LogP contribution is 2.18. The first-order valence-electron chi connectivity index (χ1n) is 5.55. The Kier molecular flexibility index (Phi) is 5.68. The summed E-state index contributed by atoms with van der Waals surface area (Å²) in [6, 6.07) is 5.16. The molecule has 1 saturated heterocycles. The van der Waals surface area contributed by atoms with Gasteiger partial charge in [-0.2, -0.15) is 0 Å². The largest absolute Gasteiger partial charge is 0.494 e. The summed E-state index contributed by atoms with van der Waals surface area (Å²) in [4.78, 5) is 2.32. The lowest BCUT2D eigenvalue weighted by Crippen LogP contribution is -2.42. The number of hydrogen-bond acceptors (Lipinski definition) is 3. The van der Waals surface area contributed by atoms with Crippen LogP contribution in [-0.4, -0.2) is 38.2 Å². The van der Waals surface area contributed by atoms with E-state index in [0.29, 0.717) is 5.75 Å². The fraction of sp³-hybridized carbons (Fsp3) is 0.500. The first-order chi connectivity index (χ1) is 7.79. The molecular weight excluding hydrogens is 243 g/mol. The van der Waals surface area contributed by atoms with Gasteiger partial charge in [0.2, 0.25) is 0 Å². The number of methoxy groups -OCH3 is 1. The van der Waals surface area contributed by atoms with E-state index in [9.17, 15) is 4.39 Å². The summed E-state index contributed by atoms with van der Waals surface area (Å²) in [6.45, 7) is 4.88. The van der Waals surface area contributed by atoms with E-state index >= 15 is 0 Å². The normalized spacial score (nSPS) is 16.4. The van der Waals surface area contributed by atoms with Crippen molar-refractivity contribution in [1.82, 2.24) is 10.2 Å². The van der Waals surface area contributed by atoms with E-state index in [0.717, 1.165) is 38.3 Å². The van der Waals surface area contributed by atoms with Gasteiger partial charge in [0.25, 0.3) is 0 Å². The van der Waals surface area contributed by atoms with Crippen LogP contribution in [0, 0.1) is 5.82 Å². The van der Waals surface area contributed by atoms with Gasteiger partial charge in [0.15, 0.2) is 11.6 Å². The Hall–Kier alpha value is -0.840. The summed E-state index contributed by atoms with van der Waals surface area (Å²) in [5.74, 6) is 0.0270. The predicted octanol–water partition coefficient (Wildman–Crippen LogP) is 1.66. The number of nitrogens with zero attached hydrogens (tertiary/aromatic N) is 1. The van der Waals surface area contributed by atoms with Crippen LogP contribution in [0.15, 0.2) is 18.2 Å². The van der Waals surface area contributed by atoms with Gasteiger partial charge in [0.05, 0.1) is 7.11 Å². The summed E-state index contributed by atoms with van der Waals surface area (Å²) in [6.07, 6.45) is 0. The maximum atomic E-state index is 13.4. The molecule has 3 nitrogen and oxygen atoms in total. The van der Waals surface area contributed by atoms with Crippen molar-refractivity contribution >= 4 is 12.4 Å². The van der Waals surface area contributed by atoms with E-state index in [2.05, 4.69) is 10.2 Å². The minimum absolute atomic E-state index is 0. The zero-order chi connectivity index (χ0) is 11.4. The summed E-state index contributed by atoms with van der Waals surface area (Å²) < 4.78 is 18.3. The first-order valence-corrected chi connectivity index (χ1v) is 5.55. The van der Waals surface area contributed by atoms with E-state index in [-0.39, 0.29) is 18.2 Å². The van der Waals surface area contributed by atoms with Crippen LogP contribution in [0.5, 0.6) is 5.75 Å². The molecule has 0 saturated carbocycles. The molecule has 1 fully saturated rings. The lowest BCUT2D eigenvalue weighted by Gasteiger charge is -2.27. The monoisotopic (exact) mass is 260 g/mol. The molecule has 1 heterocycles. The Morgan fingerprint density at radius 2 is 2.06 bits per heavy atom. The molecule has 1 aliphatic heterocycles. The standard InChI is InChI=1S/C12H17FN2O.ClH/c1-16-12-3-2-10(8-11(12)13)9-15-6-4-14-5-7-15;/h2-3,8,14H,4-7,9H2,1H3;1H. The molecule has 1 N–H and O–H groups in total. The minimum Gasteiger partial charge on any atom is -0.494 e. The van der Waals surface area contributed by atoms with Crippen LogP contribution in [0.4, 0.5) is 4.39 Å². The smallest absolute Gasteiger partial charge is 0.165 e. The summed E-state index contributed by atoms with van der Waals surface area (Å²) in [5.41, 5.74) is 1.00. The zero-order valence-electron chi connectivity index (χ0n) is 9.91. The van der Waals surface area contributed by atoms with Gasteiger partial charge in [-0.15, -0.1) is 12.4 Å². The molecule has 17 heavy (non-hydrogen) atoms. The third kappa shape index (κ3) is 3.84. The Labute approximate surface area is 107 Å².